The molecule has 16 heavy (non-hydrogen) atoms. The molecule has 2 heterocycles. The van der Waals surface area contributed by atoms with Crippen molar-refractivity contribution in [3.63, 3.8) is 0 Å². The smallest absolute Gasteiger partial charge is 0.282 e. The van der Waals surface area contributed by atoms with Gasteiger partial charge in [-0.3, -0.25) is 14.8 Å². The lowest BCUT2D eigenvalue weighted by molar-refractivity contribution is 0.695. The highest BCUT2D eigenvalue weighted by Crippen LogP contribution is 2.14. The van der Waals surface area contributed by atoms with Gasteiger partial charge in [0.05, 0.1) is 5.69 Å². The van der Waals surface area contributed by atoms with Crippen LogP contribution in [0.2, 0.25) is 0 Å². The highest BCUT2D eigenvalue weighted by Gasteiger charge is 2.17. The van der Waals surface area contributed by atoms with Crippen molar-refractivity contribution in [3.05, 3.63) is 27.4 Å². The third-order valence-corrected chi connectivity index (χ3v) is 2.87. The third-order valence-electron chi connectivity index (χ3n) is 2.87. The lowest BCUT2D eigenvalue weighted by Gasteiger charge is -2.15. The highest BCUT2D eigenvalue weighted by molar-refractivity contribution is 5.50. The second-order valence-electron chi connectivity index (χ2n) is 3.81. The van der Waals surface area contributed by atoms with E-state index in [9.17, 15) is 4.79 Å². The summed E-state index contributed by atoms with van der Waals surface area (Å²) in [6, 6.07) is 0. The summed E-state index contributed by atoms with van der Waals surface area (Å²) in [7, 11) is 3.34. The van der Waals surface area contributed by atoms with Crippen molar-refractivity contribution in [3.8, 4) is 11.5 Å². The maximum absolute atomic E-state index is 11.9. The maximum atomic E-state index is 11.9. The van der Waals surface area contributed by atoms with E-state index in [2.05, 4.69) is 9.97 Å². The van der Waals surface area contributed by atoms with Crippen LogP contribution in [-0.4, -0.2) is 19.1 Å². The van der Waals surface area contributed by atoms with Crippen molar-refractivity contribution >= 4 is 0 Å². The second-order valence-corrected chi connectivity index (χ2v) is 3.81. The maximum Gasteiger partial charge on any atom is 0.282 e. The number of fused-ring (bicyclic) bond motifs is 1. The van der Waals surface area contributed by atoms with Gasteiger partial charge >= 0.3 is 0 Å². The van der Waals surface area contributed by atoms with E-state index < -0.39 is 0 Å². The molecule has 2 aliphatic heterocycles. The molecule has 2 rings (SSSR count). The predicted octanol–water partition coefficient (Wildman–Crippen LogP) is -0.285. The Hall–Kier alpha value is -1.98. The summed E-state index contributed by atoms with van der Waals surface area (Å²) in [5.74, 6) is 0.455. The number of rotatable bonds is 0. The van der Waals surface area contributed by atoms with Gasteiger partial charge in [0.25, 0.3) is 5.56 Å². The number of nitrogens with one attached hydrogen (secondary N) is 1. The molecule has 0 fully saturated rings. The van der Waals surface area contributed by atoms with Gasteiger partial charge < -0.3 is 4.57 Å². The first-order valence-corrected chi connectivity index (χ1v) is 4.89. The normalized spacial score (nSPS) is 11.0. The molecular weight excluding hydrogens is 206 g/mol. The molecule has 0 aliphatic carbocycles. The molecule has 0 saturated heterocycles. The summed E-state index contributed by atoms with van der Waals surface area (Å²) in [6.45, 7) is 3.76. The number of aromatic nitrogens is 4. The van der Waals surface area contributed by atoms with Crippen molar-refractivity contribution in [2.24, 2.45) is 14.1 Å². The van der Waals surface area contributed by atoms with Crippen LogP contribution in [0.15, 0.2) is 4.79 Å². The first-order chi connectivity index (χ1) is 7.43. The average Bonchev–Trinajstić information content (AvgIpc) is 2.25. The fourth-order valence-electron chi connectivity index (χ4n) is 1.56. The van der Waals surface area contributed by atoms with E-state index in [0.29, 0.717) is 11.5 Å². The van der Waals surface area contributed by atoms with Gasteiger partial charge in [-0.05, 0) is 13.8 Å². The van der Waals surface area contributed by atoms with Gasteiger partial charge in [-0.25, -0.2) is 4.98 Å². The van der Waals surface area contributed by atoms with Gasteiger partial charge in [0.1, 0.15) is 0 Å². The van der Waals surface area contributed by atoms with E-state index in [-0.39, 0.29) is 11.2 Å². The van der Waals surface area contributed by atoms with Gasteiger partial charge in [-0.2, -0.15) is 4.98 Å². The fourth-order valence-corrected chi connectivity index (χ4v) is 1.56. The summed E-state index contributed by atoms with van der Waals surface area (Å²) >= 11 is 0. The second kappa shape index (κ2) is 3.26. The van der Waals surface area contributed by atoms with Crippen LogP contribution < -0.4 is 11.2 Å². The molecule has 6 heteroatoms. The van der Waals surface area contributed by atoms with Gasteiger partial charge in [-0.1, -0.05) is 0 Å². The van der Waals surface area contributed by atoms with E-state index in [4.69, 9.17) is 5.41 Å². The van der Waals surface area contributed by atoms with Crippen LogP contribution >= 0.6 is 0 Å². The number of hydrogen-bond donors (Lipinski definition) is 1. The summed E-state index contributed by atoms with van der Waals surface area (Å²) < 4.78 is 2.97. The summed E-state index contributed by atoms with van der Waals surface area (Å²) in [4.78, 5) is 20.2. The average molecular weight is 219 g/mol. The largest absolute Gasteiger partial charge is 0.330 e. The highest BCUT2D eigenvalue weighted by atomic mass is 16.1. The molecule has 0 amide bonds. The quantitative estimate of drug-likeness (QED) is 0.661. The Kier molecular flexibility index (Phi) is 2.15. The molecule has 2 aliphatic rings. The van der Waals surface area contributed by atoms with E-state index >= 15 is 0 Å². The molecule has 0 aromatic rings. The SMILES string of the molecule is Cc1nc2c(=O)n(C)c(=N)nc-2n(C)c1C. The van der Waals surface area contributed by atoms with Crippen LogP contribution in [0.25, 0.3) is 11.5 Å². The summed E-state index contributed by atoms with van der Waals surface area (Å²) in [5.41, 5.74) is 1.70. The minimum atomic E-state index is -0.284. The van der Waals surface area contributed by atoms with E-state index in [0.717, 1.165) is 11.4 Å². The lowest BCUT2D eigenvalue weighted by atomic mass is 10.3. The summed E-state index contributed by atoms with van der Waals surface area (Å²) in [6.07, 6.45) is 0. The standard InChI is InChI=1S/C10H13N5O/c1-5-6(2)14(3)8-7(12-5)9(16)15(4)10(11)13-8/h11H,1-4H3. The van der Waals surface area contributed by atoms with Crippen LogP contribution in [0.5, 0.6) is 0 Å². The molecule has 84 valence electrons. The van der Waals surface area contributed by atoms with E-state index in [1.165, 1.54) is 11.6 Å². The molecule has 0 bridgehead atoms. The summed E-state index contributed by atoms with van der Waals surface area (Å²) in [5, 5.41) is 7.57. The fraction of sp³-hybridized carbons (Fsp3) is 0.400. The molecule has 0 spiro atoms. The Morgan fingerprint density at radius 1 is 1.12 bits per heavy atom. The van der Waals surface area contributed by atoms with Gasteiger partial charge in [0.2, 0.25) is 5.62 Å². The molecular formula is C10H13N5O. The lowest BCUT2D eigenvalue weighted by Crippen LogP contribution is -2.37. The van der Waals surface area contributed by atoms with Crippen LogP contribution in [0.3, 0.4) is 0 Å². The predicted molar refractivity (Wildman–Crippen MR) is 58.2 cm³/mol. The molecule has 0 aromatic heterocycles. The molecule has 0 unspecified atom stereocenters. The van der Waals surface area contributed by atoms with Crippen molar-refractivity contribution in [2.75, 3.05) is 0 Å². The van der Waals surface area contributed by atoms with Crippen LogP contribution in [0.1, 0.15) is 11.4 Å². The first kappa shape index (κ1) is 10.5. The van der Waals surface area contributed by atoms with Crippen molar-refractivity contribution < 1.29 is 0 Å². The van der Waals surface area contributed by atoms with E-state index in [1.54, 1.807) is 4.57 Å². The monoisotopic (exact) mass is 219 g/mol. The third kappa shape index (κ3) is 1.26. The number of aryl methyl sites for hydroxylation is 1. The molecule has 0 radical (unpaired) electrons. The molecule has 0 aromatic carbocycles. The Bertz CT molecular complexity index is 652. The Morgan fingerprint density at radius 3 is 2.38 bits per heavy atom. The molecule has 0 atom stereocenters. The zero-order valence-electron chi connectivity index (χ0n) is 9.70. The van der Waals surface area contributed by atoms with Crippen LogP contribution in [0, 0.1) is 19.3 Å². The van der Waals surface area contributed by atoms with Crippen molar-refractivity contribution in [1.82, 2.24) is 19.1 Å². The topological polar surface area (TPSA) is 76.6 Å². The minimum Gasteiger partial charge on any atom is -0.330 e. The van der Waals surface area contributed by atoms with Crippen LogP contribution in [-0.2, 0) is 14.1 Å². The van der Waals surface area contributed by atoms with Gasteiger partial charge in [0, 0.05) is 19.8 Å². The van der Waals surface area contributed by atoms with Crippen LogP contribution in [0.4, 0.5) is 0 Å². The van der Waals surface area contributed by atoms with Crippen molar-refractivity contribution in [1.29, 1.82) is 5.41 Å². The zero-order chi connectivity index (χ0) is 12.0. The number of nitrogens with zero attached hydrogens (tertiary/aromatic N) is 4. The minimum absolute atomic E-state index is 0.0573. The Morgan fingerprint density at radius 2 is 1.75 bits per heavy atom. The first-order valence-electron chi connectivity index (χ1n) is 4.89. The van der Waals surface area contributed by atoms with Gasteiger partial charge in [0.15, 0.2) is 11.5 Å². The molecule has 1 N–H and O–H groups in total. The van der Waals surface area contributed by atoms with Crippen molar-refractivity contribution in [2.45, 2.75) is 13.8 Å². The number of hydrogen-bond acceptors (Lipinski definition) is 4. The Balaban J connectivity index is 3.09. The Labute approximate surface area is 92.1 Å². The zero-order valence-corrected chi connectivity index (χ0v) is 9.70. The van der Waals surface area contributed by atoms with Gasteiger partial charge in [-0.15, -0.1) is 0 Å². The van der Waals surface area contributed by atoms with E-state index in [1.807, 2.05) is 20.9 Å². The molecule has 6 nitrogen and oxygen atoms in total. The molecule has 0 saturated carbocycles.